The van der Waals surface area contributed by atoms with Crippen LogP contribution in [0.4, 0.5) is 29.0 Å². The first-order valence-corrected chi connectivity index (χ1v) is 31.1. The van der Waals surface area contributed by atoms with Gasteiger partial charge in [0.2, 0.25) is 11.2 Å². The zero-order valence-corrected chi connectivity index (χ0v) is 48.1. The third-order valence-corrected chi connectivity index (χ3v) is 27.2. The summed E-state index contributed by atoms with van der Waals surface area (Å²) in [7, 11) is 0.0672. The predicted molar refractivity (Wildman–Crippen MR) is 303 cm³/mol. The van der Waals surface area contributed by atoms with Crippen molar-refractivity contribution >= 4 is 79.5 Å². The first kappa shape index (κ1) is 55.4. The first-order valence-electron chi connectivity index (χ1n) is 26.4. The molecule has 0 spiro atoms. The molecule has 0 bridgehead atoms. The second kappa shape index (κ2) is 24.7. The molecule has 0 radical (unpaired) electrons. The molecule has 0 aliphatic heterocycles. The Kier molecular flexibility index (Phi) is 19.2. The lowest BCUT2D eigenvalue weighted by atomic mass is 9.95. The minimum Gasteiger partial charge on any atom is -0.543 e. The SMILES string of the molecule is CC(C)[Si](Oc1ccc(N)cc1)(C(C)C)C(C)C.CC(C)[Si](Oc1ccc(Nc2nc(NC3CCCCC3)c3ncn(C)c3n2)cc1)(C(C)C)C(C)C.Cn1cnc2c(NC3CCCCC3)nc(Cl)nc21. The number of hydrogen-bond donors (Lipinski definition) is 4. The first-order chi connectivity index (χ1) is 33.7. The van der Waals surface area contributed by atoms with E-state index < -0.39 is 16.6 Å². The molecule has 17 heteroatoms. The van der Waals surface area contributed by atoms with Crippen LogP contribution in [0, 0.1) is 0 Å². The van der Waals surface area contributed by atoms with Crippen molar-refractivity contribution in [2.75, 3.05) is 21.7 Å². The number of imidazole rings is 2. The fraction of sp³-hybridized carbons (Fsp3) is 0.593. The summed E-state index contributed by atoms with van der Waals surface area (Å²) in [6.45, 7) is 27.6. The van der Waals surface area contributed by atoms with Gasteiger partial charge in [0.1, 0.15) is 11.5 Å². The molecule has 4 aromatic heterocycles. The van der Waals surface area contributed by atoms with E-state index in [4.69, 9.17) is 36.2 Å². The van der Waals surface area contributed by atoms with Crippen LogP contribution in [-0.4, -0.2) is 67.8 Å². The van der Waals surface area contributed by atoms with Gasteiger partial charge in [0.05, 0.1) is 12.7 Å². The molecule has 4 heterocycles. The number of hydrogen-bond acceptors (Lipinski definition) is 12. The van der Waals surface area contributed by atoms with Crippen LogP contribution in [0.2, 0.25) is 38.5 Å². The fourth-order valence-electron chi connectivity index (χ4n) is 11.5. The molecule has 0 unspecified atom stereocenters. The molecule has 0 amide bonds. The molecule has 2 aliphatic carbocycles. The molecule has 14 nitrogen and oxygen atoms in total. The summed E-state index contributed by atoms with van der Waals surface area (Å²) in [4.78, 5) is 26.9. The zero-order chi connectivity index (χ0) is 51.6. The van der Waals surface area contributed by atoms with E-state index in [1.165, 1.54) is 64.2 Å². The van der Waals surface area contributed by atoms with Gasteiger partial charge in [-0.2, -0.15) is 19.9 Å². The van der Waals surface area contributed by atoms with E-state index in [9.17, 15) is 0 Å². The van der Waals surface area contributed by atoms with Crippen LogP contribution >= 0.6 is 11.6 Å². The highest BCUT2D eigenvalue weighted by Gasteiger charge is 2.48. The Morgan fingerprint density at radius 3 is 1.32 bits per heavy atom. The average Bonchev–Trinajstić information content (AvgIpc) is 3.90. The maximum Gasteiger partial charge on any atom is 0.258 e. The molecule has 71 heavy (non-hydrogen) atoms. The van der Waals surface area contributed by atoms with Gasteiger partial charge in [-0.1, -0.05) is 122 Å². The van der Waals surface area contributed by atoms with Crippen LogP contribution in [0.25, 0.3) is 22.3 Å². The molecule has 6 aromatic rings. The highest BCUT2D eigenvalue weighted by Crippen LogP contribution is 2.44. The summed E-state index contributed by atoms with van der Waals surface area (Å²) in [5.74, 6) is 4.06. The van der Waals surface area contributed by atoms with Crippen molar-refractivity contribution in [1.82, 2.24) is 39.0 Å². The third-order valence-electron chi connectivity index (χ3n) is 15.0. The monoisotopic (exact) mass is 1020 g/mol. The van der Waals surface area contributed by atoms with Crippen molar-refractivity contribution in [2.45, 2.75) is 193 Å². The van der Waals surface area contributed by atoms with E-state index >= 15 is 0 Å². The van der Waals surface area contributed by atoms with E-state index in [1.807, 2.05) is 47.5 Å². The second-order valence-electron chi connectivity index (χ2n) is 21.8. The predicted octanol–water partition coefficient (Wildman–Crippen LogP) is 15.0. The number of fused-ring (bicyclic) bond motifs is 2. The largest absolute Gasteiger partial charge is 0.543 e. The van der Waals surface area contributed by atoms with Crippen molar-refractivity contribution in [3.63, 3.8) is 0 Å². The Balaban J connectivity index is 0.000000192. The van der Waals surface area contributed by atoms with Gasteiger partial charge in [0.15, 0.2) is 34.0 Å². The highest BCUT2D eigenvalue weighted by molar-refractivity contribution is 6.78. The topological polar surface area (TPSA) is 168 Å². The third kappa shape index (κ3) is 13.4. The number of nitrogens with zero attached hydrogens (tertiary/aromatic N) is 8. The van der Waals surface area contributed by atoms with E-state index in [-0.39, 0.29) is 5.28 Å². The van der Waals surface area contributed by atoms with Crippen LogP contribution in [0.5, 0.6) is 11.5 Å². The number of nitrogens with two attached hydrogens (primary N) is 1. The summed E-state index contributed by atoms with van der Waals surface area (Å²) in [6, 6.07) is 17.0. The zero-order valence-electron chi connectivity index (χ0n) is 45.3. The number of anilines is 5. The summed E-state index contributed by atoms with van der Waals surface area (Å²) in [6.07, 6.45) is 16.0. The summed E-state index contributed by atoms with van der Waals surface area (Å²) < 4.78 is 17.1. The number of benzene rings is 2. The lowest BCUT2D eigenvalue weighted by Gasteiger charge is -2.42. The molecule has 2 fully saturated rings. The summed E-state index contributed by atoms with van der Waals surface area (Å²) in [5, 5.41) is 10.8. The summed E-state index contributed by atoms with van der Waals surface area (Å²) >= 11 is 5.97. The van der Waals surface area contributed by atoms with E-state index in [1.54, 1.807) is 12.7 Å². The van der Waals surface area contributed by atoms with Crippen LogP contribution in [0.3, 0.4) is 0 Å². The number of aryl methyl sites for hydroxylation is 2. The van der Waals surface area contributed by atoms with Gasteiger partial charge in [-0.3, -0.25) is 0 Å². The molecule has 5 N–H and O–H groups in total. The lowest BCUT2D eigenvalue weighted by molar-refractivity contribution is 0.462. The number of halogens is 1. The fourth-order valence-corrected chi connectivity index (χ4v) is 22.2. The molecule has 2 aromatic carbocycles. The lowest BCUT2D eigenvalue weighted by Crippen LogP contribution is -2.50. The van der Waals surface area contributed by atoms with E-state index in [0.29, 0.717) is 51.3 Å². The highest BCUT2D eigenvalue weighted by atomic mass is 35.5. The van der Waals surface area contributed by atoms with Crippen molar-refractivity contribution < 1.29 is 8.85 Å². The van der Waals surface area contributed by atoms with Crippen LogP contribution in [0.15, 0.2) is 61.2 Å². The number of rotatable bonds is 16. The smallest absolute Gasteiger partial charge is 0.258 e. The Morgan fingerprint density at radius 1 is 0.535 bits per heavy atom. The molecule has 0 atom stereocenters. The van der Waals surface area contributed by atoms with Crippen LogP contribution in [0.1, 0.15) is 147 Å². The van der Waals surface area contributed by atoms with E-state index in [0.717, 1.165) is 56.8 Å². The summed E-state index contributed by atoms with van der Waals surface area (Å²) in [5.41, 5.74) is 14.1. The molecule has 8 rings (SSSR count). The number of nitrogens with one attached hydrogen (secondary N) is 3. The Labute approximate surface area is 431 Å². The molecule has 388 valence electrons. The van der Waals surface area contributed by atoms with Crippen LogP contribution < -0.4 is 30.5 Å². The van der Waals surface area contributed by atoms with Gasteiger partial charge in [-0.05, 0) is 119 Å². The van der Waals surface area contributed by atoms with Gasteiger partial charge in [0, 0.05) is 37.6 Å². The quantitative estimate of drug-likeness (QED) is 0.0412. The van der Waals surface area contributed by atoms with Crippen LogP contribution in [-0.2, 0) is 14.1 Å². The van der Waals surface area contributed by atoms with Crippen molar-refractivity contribution in [2.24, 2.45) is 14.1 Å². The van der Waals surface area contributed by atoms with E-state index in [2.05, 4.69) is 143 Å². The molecule has 2 aliphatic rings. The normalized spacial score (nSPS) is 15.1. The van der Waals surface area contributed by atoms with Crippen molar-refractivity contribution in [1.29, 1.82) is 0 Å². The standard InChI is InChI=1S/C27H42N6OSi.C15H27NOSi.C12H16ClN5/c1-18(2)35(19(3)4,20(5)6)34-23-15-13-22(14-16-23)30-27-31-25(29-21-11-9-8-10-12-21)24-26(32-27)33(7)17-28-24;1-11(2)18(12(3)4,13(5)6)17-15-9-7-14(16)8-10-15;1-18-7-14-9-10(16-12(13)17-11(9)18)15-8-5-3-2-4-6-8/h13-21H,8-12H2,1-7H3,(H2,29,30,31,32);7-13H,16H2,1-6H3;7-8H,2-6H2,1H3,(H,15,16,17). The minimum absolute atomic E-state index is 0.268. The molecular weight excluding hydrogens is 940 g/mol. The molecular formula is C54H85ClN12O2Si2. The molecule has 2 saturated carbocycles. The Hall–Kier alpha value is -4.94. The number of aromatic nitrogens is 8. The average molecular weight is 1030 g/mol. The van der Waals surface area contributed by atoms with Gasteiger partial charge in [-0.25, -0.2) is 9.97 Å². The van der Waals surface area contributed by atoms with Gasteiger partial charge in [-0.15, -0.1) is 0 Å². The maximum atomic E-state index is 6.82. The van der Waals surface area contributed by atoms with Gasteiger partial charge < -0.3 is 39.7 Å². The van der Waals surface area contributed by atoms with Crippen molar-refractivity contribution in [3.05, 3.63) is 66.5 Å². The Bertz CT molecular complexity index is 2540. The van der Waals surface area contributed by atoms with Crippen molar-refractivity contribution in [3.8, 4) is 11.5 Å². The van der Waals surface area contributed by atoms with Gasteiger partial charge >= 0.3 is 0 Å². The molecule has 0 saturated heterocycles. The minimum atomic E-state index is -1.98. The second-order valence-corrected chi connectivity index (χ2v) is 32.9. The maximum absolute atomic E-state index is 6.82. The number of nitrogen functional groups attached to an aromatic ring is 1. The Morgan fingerprint density at radius 2 is 0.915 bits per heavy atom. The van der Waals surface area contributed by atoms with Gasteiger partial charge in [0.25, 0.3) is 16.6 Å².